The van der Waals surface area contributed by atoms with Gasteiger partial charge in [0.15, 0.2) is 0 Å². The minimum Gasteiger partial charge on any atom is -0.507 e. The molecule has 0 radical (unpaired) electrons. The summed E-state index contributed by atoms with van der Waals surface area (Å²) in [4.78, 5) is 15.9. The van der Waals surface area contributed by atoms with Crippen LogP contribution in [0, 0.1) is 0 Å². The zero-order valence-corrected chi connectivity index (χ0v) is 16.2. The number of para-hydroxylation sites is 1. The van der Waals surface area contributed by atoms with Crippen LogP contribution in [0.3, 0.4) is 0 Å². The predicted molar refractivity (Wildman–Crippen MR) is 108 cm³/mol. The van der Waals surface area contributed by atoms with Crippen LogP contribution in [0.25, 0.3) is 11.3 Å². The number of rotatable bonds is 6. The Kier molecular flexibility index (Phi) is 5.11. The summed E-state index contributed by atoms with van der Waals surface area (Å²) in [6.45, 7) is 0.452. The van der Waals surface area contributed by atoms with Crippen molar-refractivity contribution in [3.8, 4) is 17.0 Å². The van der Waals surface area contributed by atoms with E-state index in [2.05, 4.69) is 10.2 Å². The molecule has 28 heavy (non-hydrogen) atoms. The molecule has 1 aliphatic rings. The Labute approximate surface area is 167 Å². The highest BCUT2D eigenvalue weighted by Crippen LogP contribution is 2.44. The lowest BCUT2D eigenvalue weighted by Gasteiger charge is -2.26. The van der Waals surface area contributed by atoms with Gasteiger partial charge in [0.1, 0.15) is 17.1 Å². The molecular weight excluding hydrogens is 374 g/mol. The molecular formula is C21H21N3O3S. The Balaban J connectivity index is 1.86. The number of nitrogens with zero attached hydrogens (tertiary/aromatic N) is 2. The van der Waals surface area contributed by atoms with Gasteiger partial charge in [-0.25, -0.2) is 0 Å². The number of nitrogens with one attached hydrogen (secondary N) is 1. The van der Waals surface area contributed by atoms with Crippen LogP contribution in [0.4, 0.5) is 0 Å². The van der Waals surface area contributed by atoms with Gasteiger partial charge in [0.25, 0.3) is 5.91 Å². The third-order valence-electron chi connectivity index (χ3n) is 5.01. The highest BCUT2D eigenvalue weighted by molar-refractivity contribution is 7.98. The van der Waals surface area contributed by atoms with Gasteiger partial charge >= 0.3 is 0 Å². The van der Waals surface area contributed by atoms with Crippen molar-refractivity contribution in [2.75, 3.05) is 19.4 Å². The van der Waals surface area contributed by atoms with Crippen LogP contribution in [-0.4, -0.2) is 50.6 Å². The summed E-state index contributed by atoms with van der Waals surface area (Å²) < 4.78 is 0. The van der Waals surface area contributed by atoms with Gasteiger partial charge in [-0.2, -0.15) is 5.10 Å². The second-order valence-corrected chi connectivity index (χ2v) is 7.51. The lowest BCUT2D eigenvalue weighted by atomic mass is 9.95. The number of carbonyl (C=O) groups is 1. The summed E-state index contributed by atoms with van der Waals surface area (Å²) in [6.07, 6.45) is 2.51. The van der Waals surface area contributed by atoms with Crippen LogP contribution >= 0.6 is 11.8 Å². The summed E-state index contributed by atoms with van der Waals surface area (Å²) in [7, 11) is 0. The normalized spacial score (nSPS) is 15.9. The van der Waals surface area contributed by atoms with E-state index in [1.165, 1.54) is 0 Å². The molecule has 0 bridgehead atoms. The molecule has 3 aromatic rings. The topological polar surface area (TPSA) is 89.5 Å². The number of benzene rings is 2. The highest BCUT2D eigenvalue weighted by atomic mass is 32.2. The Morgan fingerprint density at radius 2 is 1.93 bits per heavy atom. The number of thioether (sulfide) groups is 1. The van der Waals surface area contributed by atoms with E-state index in [0.29, 0.717) is 29.9 Å². The maximum absolute atomic E-state index is 13.0. The fourth-order valence-electron chi connectivity index (χ4n) is 3.68. The highest BCUT2D eigenvalue weighted by Gasteiger charge is 2.42. The van der Waals surface area contributed by atoms with Crippen molar-refractivity contribution < 1.29 is 15.0 Å². The van der Waals surface area contributed by atoms with E-state index in [1.807, 2.05) is 36.6 Å². The largest absolute Gasteiger partial charge is 0.507 e. The lowest BCUT2D eigenvalue weighted by molar-refractivity contribution is 0.0732. The molecule has 1 aliphatic heterocycles. The van der Waals surface area contributed by atoms with Gasteiger partial charge in [0, 0.05) is 29.2 Å². The Bertz CT molecular complexity index is 1000. The average Bonchev–Trinajstić information content (AvgIpc) is 3.26. The van der Waals surface area contributed by atoms with Crippen LogP contribution in [0.5, 0.6) is 5.75 Å². The lowest BCUT2D eigenvalue weighted by Crippen LogP contribution is -2.31. The van der Waals surface area contributed by atoms with E-state index < -0.39 is 0 Å². The number of aliphatic hydroxyl groups excluding tert-OH is 1. The molecule has 0 spiro atoms. The number of hydrogen-bond acceptors (Lipinski definition) is 5. The van der Waals surface area contributed by atoms with E-state index in [9.17, 15) is 15.0 Å². The van der Waals surface area contributed by atoms with Crippen molar-refractivity contribution in [1.29, 1.82) is 0 Å². The van der Waals surface area contributed by atoms with Crippen molar-refractivity contribution in [1.82, 2.24) is 15.1 Å². The van der Waals surface area contributed by atoms with E-state index in [4.69, 9.17) is 0 Å². The molecule has 1 aromatic heterocycles. The second kappa shape index (κ2) is 7.69. The van der Waals surface area contributed by atoms with Crippen LogP contribution in [0.1, 0.15) is 34.1 Å². The molecule has 0 aliphatic carbocycles. The van der Waals surface area contributed by atoms with Crippen molar-refractivity contribution in [3.63, 3.8) is 0 Å². The maximum atomic E-state index is 13.0. The zero-order valence-electron chi connectivity index (χ0n) is 15.4. The molecule has 4 rings (SSSR count). The first-order chi connectivity index (χ1) is 13.7. The molecule has 0 fully saturated rings. The first-order valence-corrected chi connectivity index (χ1v) is 10.3. The molecule has 1 atom stereocenters. The van der Waals surface area contributed by atoms with E-state index in [1.54, 1.807) is 34.9 Å². The van der Waals surface area contributed by atoms with Crippen molar-refractivity contribution in [3.05, 3.63) is 65.4 Å². The van der Waals surface area contributed by atoms with Crippen LogP contribution < -0.4 is 0 Å². The van der Waals surface area contributed by atoms with Gasteiger partial charge < -0.3 is 15.1 Å². The van der Waals surface area contributed by atoms with E-state index >= 15 is 0 Å². The number of aromatic hydroxyl groups is 1. The number of carbonyl (C=O) groups excluding carboxylic acids is 1. The van der Waals surface area contributed by atoms with Crippen molar-refractivity contribution in [2.24, 2.45) is 0 Å². The number of aromatic nitrogens is 2. The number of aromatic amines is 1. The number of phenolic OH excluding ortho intramolecular Hbond substituents is 1. The Morgan fingerprint density at radius 3 is 2.61 bits per heavy atom. The number of fused-ring (bicyclic) bond motifs is 1. The fraction of sp³-hybridized carbons (Fsp3) is 0.238. The summed E-state index contributed by atoms with van der Waals surface area (Å²) >= 11 is 1.66. The summed E-state index contributed by atoms with van der Waals surface area (Å²) in [5.41, 5.74) is 3.34. The molecule has 7 heteroatoms. The van der Waals surface area contributed by atoms with Gasteiger partial charge in [0.2, 0.25) is 0 Å². The van der Waals surface area contributed by atoms with Crippen LogP contribution in [-0.2, 0) is 0 Å². The molecule has 3 N–H and O–H groups in total. The monoisotopic (exact) mass is 395 g/mol. The molecule has 144 valence electrons. The third kappa shape index (κ3) is 3.06. The number of aliphatic hydroxyl groups is 1. The van der Waals surface area contributed by atoms with Crippen LogP contribution in [0.15, 0.2) is 53.4 Å². The van der Waals surface area contributed by atoms with Gasteiger partial charge in [-0.15, -0.1) is 11.8 Å². The molecule has 0 saturated carbocycles. The maximum Gasteiger partial charge on any atom is 0.273 e. The molecule has 2 heterocycles. The van der Waals surface area contributed by atoms with Gasteiger partial charge in [-0.1, -0.05) is 24.3 Å². The molecule has 0 saturated heterocycles. The molecule has 1 amide bonds. The molecule has 6 nitrogen and oxygen atoms in total. The third-order valence-corrected chi connectivity index (χ3v) is 5.76. The molecule has 2 aromatic carbocycles. The van der Waals surface area contributed by atoms with Crippen molar-refractivity contribution in [2.45, 2.75) is 17.4 Å². The Hall–Kier alpha value is -2.77. The quantitative estimate of drug-likeness (QED) is 0.557. The van der Waals surface area contributed by atoms with Gasteiger partial charge in [-0.05, 0) is 42.5 Å². The predicted octanol–water partition coefficient (Wildman–Crippen LogP) is 3.43. The minimum atomic E-state index is -0.321. The number of hydrogen-bond donors (Lipinski definition) is 3. The van der Waals surface area contributed by atoms with Gasteiger partial charge in [-0.3, -0.25) is 9.89 Å². The van der Waals surface area contributed by atoms with Crippen LogP contribution in [0.2, 0.25) is 0 Å². The smallest absolute Gasteiger partial charge is 0.273 e. The SMILES string of the molecule is CSc1ccc([C@H]2c3c(-c4ccccc4O)n[nH]c3C(=O)N2CCCO)cc1. The summed E-state index contributed by atoms with van der Waals surface area (Å²) in [6, 6.07) is 14.8. The Morgan fingerprint density at radius 1 is 1.18 bits per heavy atom. The van der Waals surface area contributed by atoms with Gasteiger partial charge in [0.05, 0.1) is 6.04 Å². The van der Waals surface area contributed by atoms with E-state index in [0.717, 1.165) is 16.0 Å². The number of phenols is 1. The average molecular weight is 395 g/mol. The second-order valence-electron chi connectivity index (χ2n) is 6.63. The zero-order chi connectivity index (χ0) is 19.7. The fourth-order valence-corrected chi connectivity index (χ4v) is 4.09. The number of H-pyrrole nitrogens is 1. The summed E-state index contributed by atoms with van der Waals surface area (Å²) in [5.74, 6) is -0.0221. The van der Waals surface area contributed by atoms with E-state index in [-0.39, 0.29) is 24.3 Å². The summed E-state index contributed by atoms with van der Waals surface area (Å²) in [5, 5.41) is 26.8. The first-order valence-electron chi connectivity index (χ1n) is 9.08. The first kappa shape index (κ1) is 18.6. The number of amides is 1. The minimum absolute atomic E-state index is 0.0143. The molecule has 0 unspecified atom stereocenters. The van der Waals surface area contributed by atoms with Crippen molar-refractivity contribution >= 4 is 17.7 Å². The standard InChI is InChI=1S/C21H21N3O3S/c1-28-14-9-7-13(8-10-14)20-17-18(15-5-2-3-6-16(15)26)22-23-19(17)21(27)24(20)11-4-12-25/h2-3,5-10,20,25-26H,4,11-12H2,1H3,(H,22,23)/t20-/m0/s1.